The molecule has 0 aromatic heterocycles. The fraction of sp³-hybridized carbons (Fsp3) is 0.429. The summed E-state index contributed by atoms with van der Waals surface area (Å²) in [5, 5.41) is 17.9. The first kappa shape index (κ1) is 18.1. The Morgan fingerprint density at radius 2 is 1.70 bits per heavy atom. The molecule has 0 spiro atoms. The molecule has 0 aromatic carbocycles. The van der Waals surface area contributed by atoms with Crippen LogP contribution >= 0.6 is 0 Å². The van der Waals surface area contributed by atoms with E-state index < -0.39 is 24.1 Å². The van der Waals surface area contributed by atoms with Crippen molar-refractivity contribution in [2.45, 2.75) is 26.1 Å². The topological polar surface area (TPSA) is 93.1 Å². The number of allylic oxidation sites excluding steroid dienone is 2. The van der Waals surface area contributed by atoms with Gasteiger partial charge in [0.05, 0.1) is 17.8 Å². The highest BCUT2D eigenvalue weighted by atomic mass is 16.5. The van der Waals surface area contributed by atoms with Gasteiger partial charge in [-0.15, -0.1) is 0 Å². The highest BCUT2D eigenvalue weighted by molar-refractivity contribution is 5.92. The number of carbonyl (C=O) groups is 2. The van der Waals surface area contributed by atoms with E-state index in [9.17, 15) is 9.59 Å². The maximum atomic E-state index is 11.5. The maximum Gasteiger partial charge on any atom is 0.338 e. The second-order valence-corrected chi connectivity index (χ2v) is 4.11. The van der Waals surface area contributed by atoms with Gasteiger partial charge in [-0.2, -0.15) is 0 Å². The van der Waals surface area contributed by atoms with Gasteiger partial charge in [-0.25, -0.2) is 9.59 Å². The lowest BCUT2D eigenvalue weighted by Gasteiger charge is -2.06. The summed E-state index contributed by atoms with van der Waals surface area (Å²) in [6.07, 6.45) is 3.54. The van der Waals surface area contributed by atoms with Crippen molar-refractivity contribution in [2.75, 3.05) is 13.2 Å². The van der Waals surface area contributed by atoms with Gasteiger partial charge in [-0.05, 0) is 19.9 Å². The van der Waals surface area contributed by atoms with E-state index in [1.165, 1.54) is 32.1 Å². The third-order valence-corrected chi connectivity index (χ3v) is 1.89. The van der Waals surface area contributed by atoms with Crippen LogP contribution in [0.2, 0.25) is 0 Å². The largest absolute Gasteiger partial charge is 0.460 e. The van der Waals surface area contributed by atoms with Crippen molar-refractivity contribution in [3.63, 3.8) is 0 Å². The smallest absolute Gasteiger partial charge is 0.338 e. The van der Waals surface area contributed by atoms with Crippen molar-refractivity contribution in [3.05, 3.63) is 36.5 Å². The number of aliphatic hydroxyl groups excluding tert-OH is 2. The standard InChI is InChI=1S/C14H20O6/c1-4-12(14(18)20-9-11(3)16)6-5-7-13(17)19-8-10(2)15/h4-7,10-11,15-16H,1,8-9H2,2-3H3/b7-5+,12-6+. The average Bonchev–Trinajstić information content (AvgIpc) is 2.38. The van der Waals surface area contributed by atoms with Gasteiger partial charge < -0.3 is 19.7 Å². The number of rotatable bonds is 8. The average molecular weight is 284 g/mol. The van der Waals surface area contributed by atoms with Crippen molar-refractivity contribution in [3.8, 4) is 0 Å². The summed E-state index contributed by atoms with van der Waals surface area (Å²) in [4.78, 5) is 22.7. The number of ether oxygens (including phenoxy) is 2. The molecule has 6 heteroatoms. The van der Waals surface area contributed by atoms with E-state index in [4.69, 9.17) is 14.9 Å². The maximum absolute atomic E-state index is 11.5. The summed E-state index contributed by atoms with van der Waals surface area (Å²) in [5.41, 5.74) is 0.144. The first-order valence-corrected chi connectivity index (χ1v) is 6.07. The van der Waals surface area contributed by atoms with Crippen LogP contribution in [-0.4, -0.2) is 47.6 Å². The number of hydrogen-bond donors (Lipinski definition) is 2. The van der Waals surface area contributed by atoms with Crippen LogP contribution in [0.1, 0.15) is 13.8 Å². The predicted molar refractivity (Wildman–Crippen MR) is 72.7 cm³/mol. The summed E-state index contributed by atoms with van der Waals surface area (Å²) in [6.45, 7) is 6.21. The zero-order chi connectivity index (χ0) is 15.5. The van der Waals surface area contributed by atoms with E-state index in [0.717, 1.165) is 6.08 Å². The van der Waals surface area contributed by atoms with Gasteiger partial charge in [0.2, 0.25) is 0 Å². The minimum Gasteiger partial charge on any atom is -0.460 e. The van der Waals surface area contributed by atoms with Gasteiger partial charge >= 0.3 is 11.9 Å². The van der Waals surface area contributed by atoms with E-state index in [1.807, 2.05) is 0 Å². The molecule has 112 valence electrons. The molecule has 0 aliphatic heterocycles. The summed E-state index contributed by atoms with van der Waals surface area (Å²) in [6, 6.07) is 0. The predicted octanol–water partition coefficient (Wildman–Crippen LogP) is 0.503. The van der Waals surface area contributed by atoms with E-state index in [2.05, 4.69) is 11.3 Å². The molecular formula is C14H20O6. The van der Waals surface area contributed by atoms with Gasteiger partial charge in [0.15, 0.2) is 0 Å². The summed E-state index contributed by atoms with van der Waals surface area (Å²) in [7, 11) is 0. The molecule has 0 heterocycles. The molecule has 20 heavy (non-hydrogen) atoms. The molecule has 2 atom stereocenters. The molecule has 0 fully saturated rings. The normalized spacial score (nSPS) is 14.7. The molecule has 0 aliphatic carbocycles. The Morgan fingerprint density at radius 1 is 1.15 bits per heavy atom. The number of hydrogen-bond acceptors (Lipinski definition) is 6. The lowest BCUT2D eigenvalue weighted by atomic mass is 10.2. The van der Waals surface area contributed by atoms with Crippen molar-refractivity contribution >= 4 is 11.9 Å². The summed E-state index contributed by atoms with van der Waals surface area (Å²) >= 11 is 0. The molecule has 6 nitrogen and oxygen atoms in total. The molecule has 2 unspecified atom stereocenters. The van der Waals surface area contributed by atoms with Crippen LogP contribution in [0.15, 0.2) is 36.5 Å². The van der Waals surface area contributed by atoms with Crippen LogP contribution in [0.4, 0.5) is 0 Å². The van der Waals surface area contributed by atoms with Crippen LogP contribution < -0.4 is 0 Å². The molecule has 0 aliphatic rings. The van der Waals surface area contributed by atoms with Crippen molar-refractivity contribution in [1.29, 1.82) is 0 Å². The van der Waals surface area contributed by atoms with Gasteiger partial charge in [0.1, 0.15) is 13.2 Å². The van der Waals surface area contributed by atoms with Crippen LogP contribution in [0, 0.1) is 0 Å². The minimum atomic E-state index is -0.754. The minimum absolute atomic E-state index is 0.0996. The van der Waals surface area contributed by atoms with E-state index in [-0.39, 0.29) is 18.8 Å². The van der Waals surface area contributed by atoms with Gasteiger partial charge in [-0.3, -0.25) is 0 Å². The Bertz CT molecular complexity index is 392. The number of carbonyl (C=O) groups excluding carboxylic acids is 2. The molecule has 2 N–H and O–H groups in total. The Hall–Kier alpha value is -1.92. The van der Waals surface area contributed by atoms with Crippen LogP contribution in [0.3, 0.4) is 0 Å². The molecule has 0 saturated heterocycles. The molecule has 0 bridgehead atoms. The van der Waals surface area contributed by atoms with Crippen LogP contribution in [-0.2, 0) is 19.1 Å². The molecule has 0 amide bonds. The van der Waals surface area contributed by atoms with E-state index in [0.29, 0.717) is 0 Å². The number of aliphatic hydroxyl groups is 2. The molecule has 0 saturated carbocycles. The Kier molecular flexibility index (Phi) is 8.98. The molecule has 0 rings (SSSR count). The molecular weight excluding hydrogens is 264 g/mol. The van der Waals surface area contributed by atoms with Gasteiger partial charge in [0.25, 0.3) is 0 Å². The lowest BCUT2D eigenvalue weighted by molar-refractivity contribution is -0.141. The fourth-order valence-corrected chi connectivity index (χ4v) is 0.980. The first-order chi connectivity index (χ1) is 9.36. The SMILES string of the molecule is C=C/C(=C\C=C\C(=O)OCC(C)O)C(=O)OCC(C)O. The highest BCUT2D eigenvalue weighted by Gasteiger charge is 2.08. The lowest BCUT2D eigenvalue weighted by Crippen LogP contribution is -2.16. The second-order valence-electron chi connectivity index (χ2n) is 4.11. The third kappa shape index (κ3) is 9.07. The summed E-state index contributed by atoms with van der Waals surface area (Å²) < 4.78 is 9.46. The highest BCUT2D eigenvalue weighted by Crippen LogP contribution is 2.01. The quantitative estimate of drug-likeness (QED) is 0.383. The van der Waals surface area contributed by atoms with E-state index in [1.54, 1.807) is 0 Å². The first-order valence-electron chi connectivity index (χ1n) is 6.07. The Morgan fingerprint density at radius 3 is 2.20 bits per heavy atom. The molecule has 0 radical (unpaired) electrons. The summed E-state index contributed by atoms with van der Waals surface area (Å²) in [5.74, 6) is -1.29. The van der Waals surface area contributed by atoms with Crippen molar-refractivity contribution < 1.29 is 29.3 Å². The fourth-order valence-electron chi connectivity index (χ4n) is 0.980. The van der Waals surface area contributed by atoms with Gasteiger partial charge in [0, 0.05) is 6.08 Å². The monoisotopic (exact) mass is 284 g/mol. The van der Waals surface area contributed by atoms with Crippen LogP contribution in [0.25, 0.3) is 0 Å². The van der Waals surface area contributed by atoms with Gasteiger partial charge in [-0.1, -0.05) is 18.7 Å². The second kappa shape index (κ2) is 9.94. The van der Waals surface area contributed by atoms with Crippen molar-refractivity contribution in [1.82, 2.24) is 0 Å². The Labute approximate surface area is 118 Å². The zero-order valence-corrected chi connectivity index (χ0v) is 11.6. The van der Waals surface area contributed by atoms with Crippen molar-refractivity contribution in [2.24, 2.45) is 0 Å². The Balaban J connectivity index is 4.40. The van der Waals surface area contributed by atoms with Crippen LogP contribution in [0.5, 0.6) is 0 Å². The third-order valence-electron chi connectivity index (χ3n) is 1.89. The molecule has 0 aromatic rings. The number of esters is 2. The zero-order valence-electron chi connectivity index (χ0n) is 11.6. The van der Waals surface area contributed by atoms with E-state index >= 15 is 0 Å².